The normalized spacial score (nSPS) is 25.9. The Morgan fingerprint density at radius 2 is 1.85 bits per heavy atom. The molecule has 1 aliphatic heterocycles. The van der Waals surface area contributed by atoms with Crippen molar-refractivity contribution in [2.24, 2.45) is 0 Å². The van der Waals surface area contributed by atoms with Crippen molar-refractivity contribution in [3.8, 4) is 0 Å². The summed E-state index contributed by atoms with van der Waals surface area (Å²) >= 11 is 0. The Morgan fingerprint density at radius 1 is 1.10 bits per heavy atom. The Balaban J connectivity index is 1.47. The van der Waals surface area contributed by atoms with Crippen LogP contribution in [0.4, 0.5) is 5.69 Å². The molecule has 2 fully saturated rings. The van der Waals surface area contributed by atoms with Crippen LogP contribution in [-0.2, 0) is 4.74 Å². The number of anilines is 1. The van der Waals surface area contributed by atoms with Gasteiger partial charge in [0.15, 0.2) is 0 Å². The molecule has 110 valence electrons. The van der Waals surface area contributed by atoms with Crippen molar-refractivity contribution in [2.75, 3.05) is 24.5 Å². The van der Waals surface area contributed by atoms with Crippen molar-refractivity contribution < 1.29 is 4.74 Å². The highest BCUT2D eigenvalue weighted by atomic mass is 16.5. The van der Waals surface area contributed by atoms with Gasteiger partial charge < -0.3 is 15.0 Å². The van der Waals surface area contributed by atoms with Crippen molar-refractivity contribution in [3.05, 3.63) is 30.3 Å². The molecule has 0 spiro atoms. The number of benzene rings is 1. The molecule has 0 aromatic heterocycles. The van der Waals surface area contributed by atoms with E-state index >= 15 is 0 Å². The monoisotopic (exact) mass is 274 g/mol. The Morgan fingerprint density at radius 3 is 2.55 bits per heavy atom. The molecule has 1 aliphatic carbocycles. The van der Waals surface area contributed by atoms with Gasteiger partial charge in [-0.05, 0) is 44.7 Å². The number of rotatable bonds is 7. The number of ether oxygens (including phenoxy) is 1. The Kier molecular flexibility index (Phi) is 4.58. The number of nitrogens with one attached hydrogen (secondary N) is 1. The van der Waals surface area contributed by atoms with Crippen LogP contribution in [0, 0.1) is 0 Å². The molecule has 2 unspecified atom stereocenters. The molecule has 3 heteroatoms. The van der Waals surface area contributed by atoms with Crippen molar-refractivity contribution >= 4 is 5.69 Å². The van der Waals surface area contributed by atoms with Crippen LogP contribution in [0.1, 0.15) is 32.6 Å². The Bertz CT molecular complexity index is 405. The lowest BCUT2D eigenvalue weighted by atomic mass is 10.1. The maximum atomic E-state index is 6.19. The third-order valence-electron chi connectivity index (χ3n) is 4.33. The largest absolute Gasteiger partial charge is 0.372 e. The number of hydrogen-bond acceptors (Lipinski definition) is 3. The summed E-state index contributed by atoms with van der Waals surface area (Å²) < 4.78 is 6.19. The molecule has 2 aliphatic rings. The maximum absolute atomic E-state index is 6.19. The Labute approximate surface area is 122 Å². The second-order valence-corrected chi connectivity index (χ2v) is 6.01. The molecule has 3 nitrogen and oxygen atoms in total. The van der Waals surface area contributed by atoms with Gasteiger partial charge in [0.2, 0.25) is 0 Å². The van der Waals surface area contributed by atoms with Gasteiger partial charge in [-0.15, -0.1) is 0 Å². The molecule has 0 radical (unpaired) electrons. The molecule has 1 saturated heterocycles. The summed E-state index contributed by atoms with van der Waals surface area (Å²) in [4.78, 5) is 2.42. The van der Waals surface area contributed by atoms with E-state index in [4.69, 9.17) is 4.74 Å². The molecule has 1 saturated carbocycles. The fourth-order valence-electron chi connectivity index (χ4n) is 2.95. The first-order valence-electron chi connectivity index (χ1n) is 8.04. The molecule has 1 aromatic carbocycles. The number of nitrogens with zero attached hydrogens (tertiary/aromatic N) is 1. The van der Waals surface area contributed by atoms with E-state index in [9.17, 15) is 0 Å². The molecule has 0 bridgehead atoms. The van der Waals surface area contributed by atoms with E-state index in [-0.39, 0.29) is 0 Å². The first kappa shape index (κ1) is 13.9. The summed E-state index contributed by atoms with van der Waals surface area (Å²) in [5.74, 6) is 0. The van der Waals surface area contributed by atoms with Crippen LogP contribution in [-0.4, -0.2) is 37.9 Å². The second kappa shape index (κ2) is 6.59. The molecule has 2 atom stereocenters. The second-order valence-electron chi connectivity index (χ2n) is 6.01. The van der Waals surface area contributed by atoms with Crippen LogP contribution in [0.2, 0.25) is 0 Å². The predicted octanol–water partition coefficient (Wildman–Crippen LogP) is 2.81. The lowest BCUT2D eigenvalue weighted by Crippen LogP contribution is -2.34. The van der Waals surface area contributed by atoms with Gasteiger partial charge in [-0.1, -0.05) is 18.2 Å². The zero-order chi connectivity index (χ0) is 13.8. The highest BCUT2D eigenvalue weighted by molar-refractivity contribution is 5.45. The van der Waals surface area contributed by atoms with E-state index in [0.29, 0.717) is 12.2 Å². The average Bonchev–Trinajstić information content (AvgIpc) is 3.22. The third kappa shape index (κ3) is 3.74. The van der Waals surface area contributed by atoms with E-state index < -0.39 is 0 Å². The predicted molar refractivity (Wildman–Crippen MR) is 83.2 cm³/mol. The van der Waals surface area contributed by atoms with E-state index in [1.165, 1.54) is 31.4 Å². The van der Waals surface area contributed by atoms with E-state index in [2.05, 4.69) is 47.5 Å². The van der Waals surface area contributed by atoms with E-state index in [0.717, 1.165) is 25.7 Å². The third-order valence-corrected chi connectivity index (χ3v) is 4.33. The molecule has 1 heterocycles. The summed E-state index contributed by atoms with van der Waals surface area (Å²) in [6.45, 7) is 5.31. The minimum Gasteiger partial charge on any atom is -0.372 e. The van der Waals surface area contributed by atoms with Crippen LogP contribution in [0.15, 0.2) is 30.3 Å². The lowest BCUT2D eigenvalue weighted by Gasteiger charge is -2.26. The first-order chi connectivity index (χ1) is 9.85. The summed E-state index contributed by atoms with van der Waals surface area (Å²) in [6.07, 6.45) is 5.93. The highest BCUT2D eigenvalue weighted by Gasteiger charge is 2.28. The van der Waals surface area contributed by atoms with Gasteiger partial charge in [-0.2, -0.15) is 0 Å². The standard InChI is InChI=1S/C17H26N2O/c1-2-19(15-6-4-3-5-7-15)13-17-11-10-16(20-17)12-18-14-8-9-14/h3-7,14,16-18H,2,8-13H2,1H3. The fraction of sp³-hybridized carbons (Fsp3) is 0.647. The lowest BCUT2D eigenvalue weighted by molar-refractivity contribution is 0.0493. The van der Waals surface area contributed by atoms with Gasteiger partial charge in [0.05, 0.1) is 12.2 Å². The Hall–Kier alpha value is -1.06. The smallest absolute Gasteiger partial charge is 0.0755 e. The van der Waals surface area contributed by atoms with Crippen molar-refractivity contribution in [1.82, 2.24) is 5.32 Å². The molecule has 3 rings (SSSR count). The van der Waals surface area contributed by atoms with Crippen LogP contribution >= 0.6 is 0 Å². The van der Waals surface area contributed by atoms with Crippen LogP contribution < -0.4 is 10.2 Å². The summed E-state index contributed by atoms with van der Waals surface area (Å²) in [6, 6.07) is 11.4. The summed E-state index contributed by atoms with van der Waals surface area (Å²) in [7, 11) is 0. The van der Waals surface area contributed by atoms with Gasteiger partial charge in [0.1, 0.15) is 0 Å². The molecule has 0 amide bonds. The van der Waals surface area contributed by atoms with Crippen LogP contribution in [0.25, 0.3) is 0 Å². The number of likely N-dealkylation sites (N-methyl/N-ethyl adjacent to an activating group) is 1. The van der Waals surface area contributed by atoms with Crippen molar-refractivity contribution in [1.29, 1.82) is 0 Å². The molecular formula is C17H26N2O. The molecular weight excluding hydrogens is 248 g/mol. The molecule has 1 aromatic rings. The van der Waals surface area contributed by atoms with Gasteiger partial charge in [0, 0.05) is 31.4 Å². The van der Waals surface area contributed by atoms with Gasteiger partial charge in [-0.3, -0.25) is 0 Å². The quantitative estimate of drug-likeness (QED) is 0.827. The summed E-state index contributed by atoms with van der Waals surface area (Å²) in [5.41, 5.74) is 1.30. The number of para-hydroxylation sites is 1. The van der Waals surface area contributed by atoms with E-state index in [1.807, 2.05) is 0 Å². The summed E-state index contributed by atoms with van der Waals surface area (Å²) in [5, 5.41) is 3.58. The first-order valence-corrected chi connectivity index (χ1v) is 8.04. The van der Waals surface area contributed by atoms with Crippen molar-refractivity contribution in [2.45, 2.75) is 50.9 Å². The number of hydrogen-bond donors (Lipinski definition) is 1. The minimum absolute atomic E-state index is 0.390. The minimum atomic E-state index is 0.390. The van der Waals surface area contributed by atoms with Crippen LogP contribution in [0.5, 0.6) is 0 Å². The SMILES string of the molecule is CCN(CC1CCC(CNC2CC2)O1)c1ccccc1. The van der Waals surface area contributed by atoms with Gasteiger partial charge in [0.25, 0.3) is 0 Å². The molecule has 20 heavy (non-hydrogen) atoms. The molecule has 1 N–H and O–H groups in total. The highest BCUT2D eigenvalue weighted by Crippen LogP contribution is 2.24. The van der Waals surface area contributed by atoms with Crippen molar-refractivity contribution in [3.63, 3.8) is 0 Å². The van der Waals surface area contributed by atoms with Crippen LogP contribution in [0.3, 0.4) is 0 Å². The fourth-order valence-corrected chi connectivity index (χ4v) is 2.95. The maximum Gasteiger partial charge on any atom is 0.0755 e. The van der Waals surface area contributed by atoms with E-state index in [1.54, 1.807) is 0 Å². The topological polar surface area (TPSA) is 24.5 Å². The van der Waals surface area contributed by atoms with Gasteiger partial charge >= 0.3 is 0 Å². The van der Waals surface area contributed by atoms with Gasteiger partial charge in [-0.25, -0.2) is 0 Å². The average molecular weight is 274 g/mol. The zero-order valence-electron chi connectivity index (χ0n) is 12.4. The zero-order valence-corrected chi connectivity index (χ0v) is 12.4.